The molecule has 10 heteroatoms. The first-order chi connectivity index (χ1) is 18.7. The molecule has 0 saturated carbocycles. The van der Waals surface area contributed by atoms with Gasteiger partial charge in [-0.1, -0.05) is 62.5 Å². The van der Waals surface area contributed by atoms with Crippen LogP contribution in [-0.2, 0) is 0 Å². The number of hydrazone groups is 1. The van der Waals surface area contributed by atoms with E-state index in [1.165, 1.54) is 17.7 Å². The number of anilines is 1. The third kappa shape index (κ3) is 6.71. The predicted molar refractivity (Wildman–Crippen MR) is 155 cm³/mol. The molecule has 5 aromatic rings. The van der Waals surface area contributed by atoms with Gasteiger partial charge in [0, 0.05) is 11.1 Å². The molecule has 6 nitrogen and oxygen atoms in total. The summed E-state index contributed by atoms with van der Waals surface area (Å²) < 4.78 is 43.1. The Balaban J connectivity index is 0.00000112. The summed E-state index contributed by atoms with van der Waals surface area (Å²) in [4.78, 5) is 4.57. The number of rotatable bonds is 6. The van der Waals surface area contributed by atoms with E-state index < -0.39 is 6.36 Å². The number of thiocarbonyl (C=S) groups is 1. The fourth-order valence-corrected chi connectivity index (χ4v) is 4.20. The minimum absolute atomic E-state index is 0.266. The first kappa shape index (κ1) is 27.6. The number of halogens is 3. The maximum absolute atomic E-state index is 12.4. The van der Waals surface area contributed by atoms with Crippen LogP contribution < -0.4 is 15.9 Å². The van der Waals surface area contributed by atoms with Crippen molar-refractivity contribution in [2.45, 2.75) is 26.1 Å². The van der Waals surface area contributed by atoms with Gasteiger partial charge in [-0.3, -0.25) is 9.99 Å². The highest BCUT2D eigenvalue weighted by molar-refractivity contribution is 7.78. The third-order valence-corrected chi connectivity index (χ3v) is 5.89. The quantitative estimate of drug-likeness (QED) is 0.130. The highest BCUT2D eigenvalue weighted by atomic mass is 32.1. The number of hydrogen-bond acceptors (Lipinski definition) is 5. The lowest BCUT2D eigenvalue weighted by atomic mass is 10.0. The molecule has 0 bridgehead atoms. The second-order valence-corrected chi connectivity index (χ2v) is 9.09. The molecule has 0 radical (unpaired) electrons. The molecule has 39 heavy (non-hydrogen) atoms. The molecule has 0 atom stereocenters. The molecule has 200 valence electrons. The standard InChI is InChI=1S/C28H23F3N4O.CH3NS/c1-18(2)23-5-3-4-6-25(23)34-33-16-19-7-13-24-20(15-19)8-14-26-27(24)32-17-35(26)21-9-11-22(12-10-21)36-28(29,30)31;2-1-3/h3-18,34H,1-2H3;1H,(H2,2,3)/b33-16+;. The van der Waals surface area contributed by atoms with E-state index in [0.29, 0.717) is 11.6 Å². The first-order valence-corrected chi connectivity index (χ1v) is 12.5. The maximum Gasteiger partial charge on any atom is 0.573 e. The van der Waals surface area contributed by atoms with Crippen molar-refractivity contribution in [3.05, 3.63) is 96.3 Å². The van der Waals surface area contributed by atoms with E-state index in [1.54, 1.807) is 24.7 Å². The van der Waals surface area contributed by atoms with Crippen molar-refractivity contribution in [2.75, 3.05) is 5.43 Å². The van der Waals surface area contributed by atoms with Crippen molar-refractivity contribution in [2.24, 2.45) is 10.8 Å². The Morgan fingerprint density at radius 1 is 1.03 bits per heavy atom. The van der Waals surface area contributed by atoms with Gasteiger partial charge in [0.1, 0.15) is 12.1 Å². The molecular formula is C29H26F3N5OS. The Morgan fingerprint density at radius 3 is 2.44 bits per heavy atom. The molecule has 4 aromatic carbocycles. The summed E-state index contributed by atoms with van der Waals surface area (Å²) >= 11 is 4.05. The zero-order valence-corrected chi connectivity index (χ0v) is 22.0. The van der Waals surface area contributed by atoms with Crippen LogP contribution in [0.5, 0.6) is 5.75 Å². The van der Waals surface area contributed by atoms with Gasteiger partial charge >= 0.3 is 6.36 Å². The number of nitrogens with one attached hydrogen (secondary N) is 1. The second kappa shape index (κ2) is 12.0. The van der Waals surface area contributed by atoms with Crippen LogP contribution in [0.25, 0.3) is 27.5 Å². The number of ether oxygens (including phenoxy) is 1. The highest BCUT2D eigenvalue weighted by Crippen LogP contribution is 2.29. The average molecular weight is 550 g/mol. The average Bonchev–Trinajstić information content (AvgIpc) is 3.33. The zero-order valence-electron chi connectivity index (χ0n) is 21.2. The number of benzene rings is 4. The molecule has 5 rings (SSSR count). The molecule has 1 aromatic heterocycles. The highest BCUT2D eigenvalue weighted by Gasteiger charge is 2.31. The Hall–Kier alpha value is -4.44. The summed E-state index contributed by atoms with van der Waals surface area (Å²) in [7, 11) is 0. The van der Waals surface area contributed by atoms with Gasteiger partial charge in [-0.25, -0.2) is 4.98 Å². The lowest BCUT2D eigenvalue weighted by Crippen LogP contribution is -2.17. The smallest absolute Gasteiger partial charge is 0.406 e. The van der Waals surface area contributed by atoms with Gasteiger partial charge in [-0.05, 0) is 64.9 Å². The molecule has 0 fully saturated rings. The van der Waals surface area contributed by atoms with Crippen LogP contribution in [0.3, 0.4) is 0 Å². The van der Waals surface area contributed by atoms with E-state index in [4.69, 9.17) is 0 Å². The van der Waals surface area contributed by atoms with Crippen LogP contribution >= 0.6 is 12.2 Å². The molecule has 0 spiro atoms. The maximum atomic E-state index is 12.4. The summed E-state index contributed by atoms with van der Waals surface area (Å²) in [6, 6.07) is 23.8. The van der Waals surface area contributed by atoms with E-state index in [0.717, 1.165) is 38.5 Å². The third-order valence-electron chi connectivity index (χ3n) is 5.89. The minimum Gasteiger partial charge on any atom is -0.406 e. The molecular weight excluding hydrogens is 523 g/mol. The van der Waals surface area contributed by atoms with E-state index in [1.807, 2.05) is 53.1 Å². The van der Waals surface area contributed by atoms with Crippen molar-refractivity contribution < 1.29 is 17.9 Å². The fourth-order valence-electron chi connectivity index (χ4n) is 4.20. The van der Waals surface area contributed by atoms with Gasteiger partial charge in [-0.15, -0.1) is 13.2 Å². The lowest BCUT2D eigenvalue weighted by Gasteiger charge is -2.11. The van der Waals surface area contributed by atoms with Crippen LogP contribution in [-0.4, -0.2) is 27.6 Å². The van der Waals surface area contributed by atoms with Gasteiger partial charge in [0.05, 0.1) is 28.4 Å². The number of aromatic nitrogens is 2. The number of nitrogens with zero attached hydrogens (tertiary/aromatic N) is 3. The SMILES string of the molecule is CC(C)c1ccccc1N/N=C/c1ccc2c(ccc3c2ncn3-c2ccc(OC(F)(F)F)cc2)c1.NC=S. The van der Waals surface area contributed by atoms with Crippen molar-refractivity contribution in [3.63, 3.8) is 0 Å². The molecule has 0 saturated heterocycles. The molecule has 1 heterocycles. The molecule has 0 aliphatic rings. The van der Waals surface area contributed by atoms with Gasteiger partial charge in [0.25, 0.3) is 0 Å². The topological polar surface area (TPSA) is 77.5 Å². The van der Waals surface area contributed by atoms with Gasteiger partial charge in [0.15, 0.2) is 0 Å². The molecule has 0 unspecified atom stereocenters. The monoisotopic (exact) mass is 549 g/mol. The number of alkyl halides is 3. The normalized spacial score (nSPS) is 11.5. The van der Waals surface area contributed by atoms with E-state index in [-0.39, 0.29) is 5.75 Å². The zero-order chi connectivity index (χ0) is 28.0. The largest absolute Gasteiger partial charge is 0.573 e. The molecule has 0 amide bonds. The van der Waals surface area contributed by atoms with Gasteiger partial charge < -0.3 is 10.5 Å². The van der Waals surface area contributed by atoms with Crippen LogP contribution in [0.1, 0.15) is 30.9 Å². The van der Waals surface area contributed by atoms with Crippen LogP contribution in [0.2, 0.25) is 0 Å². The van der Waals surface area contributed by atoms with E-state index in [2.05, 4.69) is 58.1 Å². The van der Waals surface area contributed by atoms with Crippen molar-refractivity contribution in [3.8, 4) is 11.4 Å². The van der Waals surface area contributed by atoms with Crippen LogP contribution in [0.15, 0.2) is 90.3 Å². The minimum atomic E-state index is -4.72. The Morgan fingerprint density at radius 2 is 1.74 bits per heavy atom. The van der Waals surface area contributed by atoms with Crippen LogP contribution in [0.4, 0.5) is 18.9 Å². The van der Waals surface area contributed by atoms with Crippen molar-refractivity contribution in [1.82, 2.24) is 9.55 Å². The summed E-state index contributed by atoms with van der Waals surface area (Å²) in [6.07, 6.45) is -1.28. The van der Waals surface area contributed by atoms with Gasteiger partial charge in [0.2, 0.25) is 0 Å². The fraction of sp³-hybridized carbons (Fsp3) is 0.138. The Labute approximate surface area is 228 Å². The predicted octanol–water partition coefficient (Wildman–Crippen LogP) is 7.55. The number of hydrogen-bond donors (Lipinski definition) is 2. The first-order valence-electron chi connectivity index (χ1n) is 12.0. The summed E-state index contributed by atoms with van der Waals surface area (Å²) in [5, 5.41) is 6.40. The van der Waals surface area contributed by atoms with Crippen LogP contribution in [0, 0.1) is 0 Å². The van der Waals surface area contributed by atoms with Gasteiger partial charge in [-0.2, -0.15) is 5.10 Å². The second-order valence-electron chi connectivity index (χ2n) is 8.82. The Kier molecular flexibility index (Phi) is 8.46. The number of imidazole rings is 1. The molecule has 0 aliphatic heterocycles. The number of para-hydroxylation sites is 1. The summed E-state index contributed by atoms with van der Waals surface area (Å²) in [6.45, 7) is 4.29. The number of fused-ring (bicyclic) bond motifs is 3. The van der Waals surface area contributed by atoms with E-state index >= 15 is 0 Å². The Bertz CT molecular complexity index is 1610. The van der Waals surface area contributed by atoms with Crippen molar-refractivity contribution in [1.29, 1.82) is 0 Å². The summed E-state index contributed by atoms with van der Waals surface area (Å²) in [5.74, 6) is 0.121. The molecule has 3 N–H and O–H groups in total. The summed E-state index contributed by atoms with van der Waals surface area (Å²) in [5.41, 5.74) is 14.2. The molecule has 0 aliphatic carbocycles. The van der Waals surface area contributed by atoms with Crippen molar-refractivity contribution >= 4 is 51.4 Å². The number of nitrogens with two attached hydrogens (primary N) is 1. The van der Waals surface area contributed by atoms with E-state index in [9.17, 15) is 13.2 Å². The lowest BCUT2D eigenvalue weighted by molar-refractivity contribution is -0.274.